The summed E-state index contributed by atoms with van der Waals surface area (Å²) in [6.07, 6.45) is 0. The molecular weight excluding hydrogens is 725 g/mol. The Morgan fingerprint density at radius 3 is 1.28 bits per heavy atom. The van der Waals surface area contributed by atoms with Gasteiger partial charge in [-0.2, -0.15) is 0 Å². The lowest BCUT2D eigenvalue weighted by Crippen LogP contribution is -1.95. The first-order valence-electron chi connectivity index (χ1n) is 20.7. The summed E-state index contributed by atoms with van der Waals surface area (Å²) in [4.78, 5) is 0. The van der Waals surface area contributed by atoms with Gasteiger partial charge < -0.3 is 9.13 Å². The van der Waals surface area contributed by atoms with Gasteiger partial charge in [-0.1, -0.05) is 164 Å². The predicted molar refractivity (Wildman–Crippen MR) is 254 cm³/mol. The molecule has 0 unspecified atom stereocenters. The summed E-state index contributed by atoms with van der Waals surface area (Å²) in [5.74, 6) is 0. The molecule has 0 aliphatic carbocycles. The molecule has 0 aliphatic rings. The molecule has 12 aromatic rings. The van der Waals surface area contributed by atoms with Gasteiger partial charge in [0.25, 0.3) is 0 Å². The van der Waals surface area contributed by atoms with E-state index in [1.807, 2.05) is 0 Å². The van der Waals surface area contributed by atoms with Crippen LogP contribution in [0.5, 0.6) is 0 Å². The van der Waals surface area contributed by atoms with Crippen molar-refractivity contribution < 1.29 is 0 Å². The van der Waals surface area contributed by atoms with Gasteiger partial charge in [-0.25, -0.2) is 0 Å². The maximum atomic E-state index is 2.42. The molecule has 2 aromatic heterocycles. The number of rotatable bonds is 6. The molecule has 0 saturated carbocycles. The molecule has 10 aromatic carbocycles. The maximum absolute atomic E-state index is 2.42. The van der Waals surface area contributed by atoms with Gasteiger partial charge >= 0.3 is 0 Å². The molecule has 0 fully saturated rings. The van der Waals surface area contributed by atoms with Crippen LogP contribution in [0.4, 0.5) is 0 Å². The fourth-order valence-electron chi connectivity index (χ4n) is 9.48. The van der Waals surface area contributed by atoms with Crippen molar-refractivity contribution in [1.82, 2.24) is 9.13 Å². The molecule has 0 spiro atoms. The number of para-hydroxylation sites is 2. The van der Waals surface area contributed by atoms with Crippen LogP contribution >= 0.6 is 0 Å². The van der Waals surface area contributed by atoms with Crippen LogP contribution in [0.15, 0.2) is 231 Å². The van der Waals surface area contributed by atoms with E-state index in [4.69, 9.17) is 0 Å². The zero-order chi connectivity index (χ0) is 39.6. The second-order valence-electron chi connectivity index (χ2n) is 15.7. The van der Waals surface area contributed by atoms with Crippen LogP contribution in [0.3, 0.4) is 0 Å². The zero-order valence-corrected chi connectivity index (χ0v) is 32.8. The third kappa shape index (κ3) is 5.57. The average Bonchev–Trinajstić information content (AvgIpc) is 3.84. The highest BCUT2D eigenvalue weighted by molar-refractivity contribution is 6.13. The fraction of sp³-hybridized carbons (Fsp3) is 0. The molecule has 280 valence electrons. The third-order valence-corrected chi connectivity index (χ3v) is 12.3. The molecule has 0 aliphatic heterocycles. The van der Waals surface area contributed by atoms with Crippen molar-refractivity contribution in [2.75, 3.05) is 0 Å². The van der Waals surface area contributed by atoms with Crippen LogP contribution in [-0.4, -0.2) is 9.13 Å². The molecule has 2 nitrogen and oxygen atoms in total. The number of aromatic nitrogens is 2. The van der Waals surface area contributed by atoms with E-state index in [0.717, 1.165) is 11.4 Å². The van der Waals surface area contributed by atoms with E-state index in [1.165, 1.54) is 98.9 Å². The number of hydrogen-bond donors (Lipinski definition) is 0. The highest BCUT2D eigenvalue weighted by Crippen LogP contribution is 2.40. The van der Waals surface area contributed by atoms with Crippen LogP contribution < -0.4 is 0 Å². The minimum Gasteiger partial charge on any atom is -0.309 e. The highest BCUT2D eigenvalue weighted by Gasteiger charge is 2.17. The lowest BCUT2D eigenvalue weighted by Gasteiger charge is -2.12. The van der Waals surface area contributed by atoms with Crippen LogP contribution in [0.1, 0.15) is 0 Å². The molecule has 12 rings (SSSR count). The first kappa shape index (κ1) is 34.1. The van der Waals surface area contributed by atoms with Gasteiger partial charge in [-0.05, 0) is 122 Å². The van der Waals surface area contributed by atoms with Gasteiger partial charge in [0.15, 0.2) is 0 Å². The van der Waals surface area contributed by atoms with Crippen molar-refractivity contribution in [3.8, 4) is 55.9 Å². The molecule has 0 amide bonds. The smallest absolute Gasteiger partial charge is 0.0541 e. The molecule has 60 heavy (non-hydrogen) atoms. The SMILES string of the molecule is c1ccc(-c2cccc(-c3cccc(-n4c5ccccc5c5cc(-c6ccc7c(c6)c6ccccc6n7-c6cccc(-c7cccc8ccccc78)c6)ccc54)c3)c2)cc1. The Hall–Kier alpha value is -7.94. The van der Waals surface area contributed by atoms with Gasteiger partial charge in [0.2, 0.25) is 0 Å². The summed E-state index contributed by atoms with van der Waals surface area (Å²) in [6, 6.07) is 84.2. The second-order valence-corrected chi connectivity index (χ2v) is 15.7. The molecule has 2 heteroatoms. The quantitative estimate of drug-likeness (QED) is 0.160. The molecular formula is C58H38N2. The monoisotopic (exact) mass is 762 g/mol. The van der Waals surface area contributed by atoms with Crippen molar-refractivity contribution in [3.05, 3.63) is 231 Å². The van der Waals surface area contributed by atoms with E-state index in [2.05, 4.69) is 240 Å². The van der Waals surface area contributed by atoms with Crippen LogP contribution in [0, 0.1) is 0 Å². The van der Waals surface area contributed by atoms with Crippen molar-refractivity contribution >= 4 is 54.4 Å². The standard InChI is InChI=1S/C58H38N2/c1-2-14-39(15-3-1)41-18-10-19-42(34-41)43-20-11-22-47(35-43)59-55-28-8-6-25-51(55)53-37-44(30-32-57(53)59)45-31-33-58-54(38-45)52-26-7-9-29-56(52)60(58)48-23-12-21-46(36-48)50-27-13-17-40-16-4-5-24-49(40)50/h1-38H. The lowest BCUT2D eigenvalue weighted by atomic mass is 9.98. The normalized spacial score (nSPS) is 11.7. The van der Waals surface area contributed by atoms with E-state index in [1.54, 1.807) is 0 Å². The number of nitrogens with zero attached hydrogens (tertiary/aromatic N) is 2. The average molecular weight is 763 g/mol. The topological polar surface area (TPSA) is 9.86 Å². The van der Waals surface area contributed by atoms with Crippen LogP contribution in [-0.2, 0) is 0 Å². The summed E-state index contributed by atoms with van der Waals surface area (Å²) in [7, 11) is 0. The van der Waals surface area contributed by atoms with E-state index in [-0.39, 0.29) is 0 Å². The Kier molecular flexibility index (Phi) is 7.89. The molecule has 2 heterocycles. The highest BCUT2D eigenvalue weighted by atomic mass is 15.0. The van der Waals surface area contributed by atoms with E-state index in [9.17, 15) is 0 Å². The van der Waals surface area contributed by atoms with E-state index in [0.29, 0.717) is 0 Å². The van der Waals surface area contributed by atoms with Crippen molar-refractivity contribution in [3.63, 3.8) is 0 Å². The number of hydrogen-bond acceptors (Lipinski definition) is 0. The van der Waals surface area contributed by atoms with Crippen LogP contribution in [0.25, 0.3) is 110 Å². The van der Waals surface area contributed by atoms with E-state index >= 15 is 0 Å². The minimum absolute atomic E-state index is 1.15. The zero-order valence-electron chi connectivity index (χ0n) is 32.8. The van der Waals surface area contributed by atoms with Gasteiger partial charge in [0.1, 0.15) is 0 Å². The second kappa shape index (κ2) is 13.9. The Bertz CT molecular complexity index is 3600. The lowest BCUT2D eigenvalue weighted by molar-refractivity contribution is 1.18. The largest absolute Gasteiger partial charge is 0.309 e. The summed E-state index contributed by atoms with van der Waals surface area (Å²) in [5, 5.41) is 7.50. The molecule has 0 N–H and O–H groups in total. The van der Waals surface area contributed by atoms with Gasteiger partial charge in [0.05, 0.1) is 22.1 Å². The Labute approximate surface area is 348 Å². The number of fused-ring (bicyclic) bond motifs is 7. The van der Waals surface area contributed by atoms with E-state index < -0.39 is 0 Å². The van der Waals surface area contributed by atoms with Gasteiger partial charge in [-0.15, -0.1) is 0 Å². The van der Waals surface area contributed by atoms with Gasteiger partial charge in [-0.3, -0.25) is 0 Å². The van der Waals surface area contributed by atoms with Crippen LogP contribution in [0.2, 0.25) is 0 Å². The Morgan fingerprint density at radius 2 is 0.633 bits per heavy atom. The number of benzene rings is 10. The summed E-state index contributed by atoms with van der Waals surface area (Å²) < 4.78 is 4.84. The Balaban J connectivity index is 0.962. The minimum atomic E-state index is 1.15. The summed E-state index contributed by atoms with van der Waals surface area (Å²) in [6.45, 7) is 0. The third-order valence-electron chi connectivity index (χ3n) is 12.3. The predicted octanol–water partition coefficient (Wildman–Crippen LogP) is 15.7. The van der Waals surface area contributed by atoms with Gasteiger partial charge in [0, 0.05) is 32.9 Å². The van der Waals surface area contributed by atoms with Crippen molar-refractivity contribution in [2.24, 2.45) is 0 Å². The molecule has 0 atom stereocenters. The maximum Gasteiger partial charge on any atom is 0.0541 e. The summed E-state index contributed by atoms with van der Waals surface area (Å²) >= 11 is 0. The molecule has 0 radical (unpaired) electrons. The van der Waals surface area contributed by atoms with Crippen molar-refractivity contribution in [1.29, 1.82) is 0 Å². The molecule has 0 saturated heterocycles. The fourth-order valence-corrected chi connectivity index (χ4v) is 9.48. The first-order chi connectivity index (χ1) is 29.7. The summed E-state index contributed by atoms with van der Waals surface area (Å²) in [5.41, 5.74) is 16.8. The van der Waals surface area contributed by atoms with Crippen molar-refractivity contribution in [2.45, 2.75) is 0 Å². The Morgan fingerprint density at radius 1 is 0.217 bits per heavy atom. The first-order valence-corrected chi connectivity index (χ1v) is 20.7. The molecule has 0 bridgehead atoms.